The van der Waals surface area contributed by atoms with Gasteiger partial charge in [-0.15, -0.1) is 0 Å². The summed E-state index contributed by atoms with van der Waals surface area (Å²) in [5, 5.41) is 15.1. The Labute approximate surface area is 191 Å². The molecule has 182 valence electrons. The van der Waals surface area contributed by atoms with E-state index in [0.717, 1.165) is 0 Å². The second-order valence-electron chi connectivity index (χ2n) is 7.89. The predicted molar refractivity (Wildman–Crippen MR) is 117 cm³/mol. The van der Waals surface area contributed by atoms with Gasteiger partial charge in [0.2, 0.25) is 5.95 Å². The number of benzene rings is 2. The van der Waals surface area contributed by atoms with E-state index in [1.807, 2.05) is 13.8 Å². The van der Waals surface area contributed by atoms with Gasteiger partial charge >= 0.3 is 12.4 Å². The SMILES string of the molecule is CC(C)[C@H](CO)Nc1nc(Nc2ccc(C(F)(F)F)cc2C(F)(F)F)cc(-c2ccccc2)n1. The first-order valence-electron chi connectivity index (χ1n) is 10.3. The van der Waals surface area contributed by atoms with Crippen LogP contribution < -0.4 is 10.6 Å². The molecule has 0 aliphatic carbocycles. The lowest BCUT2D eigenvalue weighted by Gasteiger charge is -2.21. The molecule has 11 heteroatoms. The summed E-state index contributed by atoms with van der Waals surface area (Å²) >= 11 is 0. The molecule has 1 atom stereocenters. The van der Waals surface area contributed by atoms with Gasteiger partial charge in [0.1, 0.15) is 5.82 Å². The number of aliphatic hydroxyl groups excluding tert-OH is 1. The Hall–Kier alpha value is -3.34. The van der Waals surface area contributed by atoms with Gasteiger partial charge in [-0.1, -0.05) is 44.2 Å². The molecule has 0 fully saturated rings. The molecule has 34 heavy (non-hydrogen) atoms. The van der Waals surface area contributed by atoms with Crippen LogP contribution in [0.15, 0.2) is 54.6 Å². The third kappa shape index (κ3) is 6.16. The minimum Gasteiger partial charge on any atom is -0.394 e. The number of nitrogens with one attached hydrogen (secondary N) is 2. The van der Waals surface area contributed by atoms with Gasteiger partial charge in [0, 0.05) is 11.6 Å². The quantitative estimate of drug-likeness (QED) is 0.341. The largest absolute Gasteiger partial charge is 0.418 e. The fourth-order valence-corrected chi connectivity index (χ4v) is 3.12. The van der Waals surface area contributed by atoms with Crippen molar-refractivity contribution in [2.75, 3.05) is 17.2 Å². The zero-order valence-corrected chi connectivity index (χ0v) is 18.2. The molecule has 0 radical (unpaired) electrons. The van der Waals surface area contributed by atoms with Crippen molar-refractivity contribution in [2.24, 2.45) is 5.92 Å². The summed E-state index contributed by atoms with van der Waals surface area (Å²) in [5.41, 5.74) is -2.48. The first kappa shape index (κ1) is 25.3. The van der Waals surface area contributed by atoms with Gasteiger partial charge in [-0.3, -0.25) is 0 Å². The highest BCUT2D eigenvalue weighted by Gasteiger charge is 2.38. The highest BCUT2D eigenvalue weighted by molar-refractivity contribution is 5.69. The van der Waals surface area contributed by atoms with Crippen molar-refractivity contribution < 1.29 is 31.4 Å². The maximum Gasteiger partial charge on any atom is 0.418 e. The molecule has 0 aliphatic heterocycles. The van der Waals surface area contributed by atoms with E-state index in [0.29, 0.717) is 23.4 Å². The van der Waals surface area contributed by atoms with Crippen LogP contribution in [0.2, 0.25) is 0 Å². The molecule has 3 rings (SSSR count). The second-order valence-corrected chi connectivity index (χ2v) is 7.89. The average Bonchev–Trinajstić information content (AvgIpc) is 2.76. The molecular weight excluding hydrogens is 462 g/mol. The van der Waals surface area contributed by atoms with Crippen molar-refractivity contribution in [1.29, 1.82) is 0 Å². The number of aliphatic hydroxyl groups is 1. The molecule has 2 aromatic carbocycles. The highest BCUT2D eigenvalue weighted by atomic mass is 19.4. The molecule has 0 saturated heterocycles. The van der Waals surface area contributed by atoms with Gasteiger partial charge in [0.15, 0.2) is 0 Å². The average molecular weight is 484 g/mol. The first-order valence-corrected chi connectivity index (χ1v) is 10.3. The van der Waals surface area contributed by atoms with Crippen LogP contribution in [0.4, 0.5) is 43.8 Å². The lowest BCUT2D eigenvalue weighted by Crippen LogP contribution is -2.30. The summed E-state index contributed by atoms with van der Waals surface area (Å²) in [6.45, 7) is 3.47. The molecule has 3 N–H and O–H groups in total. The maximum atomic E-state index is 13.6. The molecule has 0 saturated carbocycles. The molecule has 0 amide bonds. The van der Waals surface area contributed by atoms with Crippen LogP contribution >= 0.6 is 0 Å². The third-order valence-corrected chi connectivity index (χ3v) is 5.03. The molecule has 0 unspecified atom stereocenters. The van der Waals surface area contributed by atoms with E-state index in [2.05, 4.69) is 20.6 Å². The van der Waals surface area contributed by atoms with Gasteiger partial charge in [-0.05, 0) is 24.1 Å². The fraction of sp³-hybridized carbons (Fsp3) is 0.304. The van der Waals surface area contributed by atoms with Crippen LogP contribution in [0, 0.1) is 5.92 Å². The van der Waals surface area contributed by atoms with Crippen LogP contribution in [0.25, 0.3) is 11.3 Å². The Morgan fingerprint density at radius 2 is 1.56 bits per heavy atom. The zero-order chi connectivity index (χ0) is 25.1. The molecule has 0 bridgehead atoms. The first-order chi connectivity index (χ1) is 15.9. The lowest BCUT2D eigenvalue weighted by atomic mass is 10.1. The van der Waals surface area contributed by atoms with Crippen LogP contribution in [0.1, 0.15) is 25.0 Å². The molecule has 3 aromatic rings. The Bertz CT molecular complexity index is 1120. The summed E-state index contributed by atoms with van der Waals surface area (Å²) < 4.78 is 79.7. The summed E-state index contributed by atoms with van der Waals surface area (Å²) in [4.78, 5) is 8.57. The third-order valence-electron chi connectivity index (χ3n) is 5.03. The van der Waals surface area contributed by atoms with E-state index in [4.69, 9.17) is 0 Å². The minimum absolute atomic E-state index is 0.0165. The standard InChI is InChI=1S/C23H22F6N4O/c1-13(2)19(12-34)32-21-31-18(14-6-4-3-5-7-14)11-20(33-21)30-17-9-8-15(22(24,25)26)10-16(17)23(27,28)29/h3-11,13,19,34H,12H2,1-2H3,(H2,30,31,32,33)/t19-/m0/s1. The zero-order valence-electron chi connectivity index (χ0n) is 18.2. The van der Waals surface area contributed by atoms with E-state index < -0.39 is 35.2 Å². The van der Waals surface area contributed by atoms with Crippen molar-refractivity contribution in [3.63, 3.8) is 0 Å². The summed E-state index contributed by atoms with van der Waals surface area (Å²) in [5.74, 6) is -0.0451. The summed E-state index contributed by atoms with van der Waals surface area (Å²) in [6, 6.07) is 11.0. The number of nitrogens with zero attached hydrogens (tertiary/aromatic N) is 2. The maximum absolute atomic E-state index is 13.6. The van der Waals surface area contributed by atoms with Crippen molar-refractivity contribution in [3.05, 3.63) is 65.7 Å². The number of anilines is 3. The van der Waals surface area contributed by atoms with E-state index in [-0.39, 0.29) is 30.4 Å². The number of hydrogen-bond donors (Lipinski definition) is 3. The minimum atomic E-state index is -5.04. The Morgan fingerprint density at radius 3 is 2.12 bits per heavy atom. The van der Waals surface area contributed by atoms with Crippen LogP contribution in [0.5, 0.6) is 0 Å². The van der Waals surface area contributed by atoms with Crippen molar-refractivity contribution in [2.45, 2.75) is 32.2 Å². The number of rotatable bonds is 7. The number of alkyl halides is 6. The molecular formula is C23H22F6N4O. The Kier molecular flexibility index (Phi) is 7.35. The van der Waals surface area contributed by atoms with E-state index >= 15 is 0 Å². The van der Waals surface area contributed by atoms with Gasteiger partial charge in [-0.2, -0.15) is 31.3 Å². The fourth-order valence-electron chi connectivity index (χ4n) is 3.12. The van der Waals surface area contributed by atoms with Gasteiger partial charge < -0.3 is 15.7 Å². The molecule has 0 aliphatic rings. The summed E-state index contributed by atoms with van der Waals surface area (Å²) in [7, 11) is 0. The van der Waals surface area contributed by atoms with E-state index in [1.54, 1.807) is 30.3 Å². The monoisotopic (exact) mass is 484 g/mol. The van der Waals surface area contributed by atoms with Crippen molar-refractivity contribution >= 4 is 17.5 Å². The van der Waals surface area contributed by atoms with E-state index in [9.17, 15) is 31.4 Å². The van der Waals surface area contributed by atoms with Crippen LogP contribution in [-0.2, 0) is 12.4 Å². The Morgan fingerprint density at radius 1 is 0.882 bits per heavy atom. The van der Waals surface area contributed by atoms with Gasteiger partial charge in [0.05, 0.1) is 35.2 Å². The van der Waals surface area contributed by atoms with E-state index in [1.165, 1.54) is 6.07 Å². The predicted octanol–water partition coefficient (Wildman–Crippen LogP) is 6.35. The van der Waals surface area contributed by atoms with Crippen LogP contribution in [0.3, 0.4) is 0 Å². The topological polar surface area (TPSA) is 70.1 Å². The number of halogens is 6. The normalized spacial score (nSPS) is 13.1. The molecule has 5 nitrogen and oxygen atoms in total. The molecule has 1 aromatic heterocycles. The highest BCUT2D eigenvalue weighted by Crippen LogP contribution is 2.40. The summed E-state index contributed by atoms with van der Waals surface area (Å²) in [6.07, 6.45) is -9.97. The van der Waals surface area contributed by atoms with Crippen molar-refractivity contribution in [1.82, 2.24) is 9.97 Å². The van der Waals surface area contributed by atoms with Gasteiger partial charge in [-0.25, -0.2) is 4.98 Å². The number of hydrogen-bond acceptors (Lipinski definition) is 5. The lowest BCUT2D eigenvalue weighted by molar-refractivity contribution is -0.142. The molecule has 0 spiro atoms. The second kappa shape index (κ2) is 9.88. The van der Waals surface area contributed by atoms with Crippen LogP contribution in [-0.4, -0.2) is 27.7 Å². The smallest absolute Gasteiger partial charge is 0.394 e. The van der Waals surface area contributed by atoms with Gasteiger partial charge in [0.25, 0.3) is 0 Å². The Balaban J connectivity index is 2.08. The number of aromatic nitrogens is 2. The van der Waals surface area contributed by atoms with Crippen molar-refractivity contribution in [3.8, 4) is 11.3 Å². The molecule has 1 heterocycles.